The maximum absolute atomic E-state index is 12.6. The molecule has 29 heavy (non-hydrogen) atoms. The Morgan fingerprint density at radius 3 is 2.59 bits per heavy atom. The van der Waals surface area contributed by atoms with Gasteiger partial charge in [0.25, 0.3) is 5.91 Å². The number of rotatable bonds is 6. The lowest BCUT2D eigenvalue weighted by molar-refractivity contribution is 0.0992. The molecule has 0 radical (unpaired) electrons. The molecular weight excluding hydrogens is 390 g/mol. The topological polar surface area (TPSA) is 71.7 Å². The largest absolute Gasteiger partial charge is 0.508 e. The second-order valence-corrected chi connectivity index (χ2v) is 7.74. The first-order chi connectivity index (χ1) is 13.7. The van der Waals surface area contributed by atoms with Crippen molar-refractivity contribution in [2.24, 2.45) is 0 Å². The molecule has 0 atom stereocenters. The van der Waals surface area contributed by atoms with E-state index in [9.17, 15) is 9.90 Å². The van der Waals surface area contributed by atoms with Crippen molar-refractivity contribution in [2.75, 3.05) is 5.32 Å². The van der Waals surface area contributed by atoms with Gasteiger partial charge in [-0.05, 0) is 78.9 Å². The monoisotopic (exact) mass is 413 g/mol. The number of phenols is 1. The summed E-state index contributed by atoms with van der Waals surface area (Å²) < 4.78 is 11.4. The summed E-state index contributed by atoms with van der Waals surface area (Å²) in [5, 5.41) is 13.6. The van der Waals surface area contributed by atoms with Crippen LogP contribution >= 0.6 is 11.6 Å². The number of nitrogens with one attached hydrogen (secondary N) is 1. The van der Waals surface area contributed by atoms with E-state index < -0.39 is 0 Å². The second-order valence-electron chi connectivity index (χ2n) is 7.30. The molecule has 6 heteroatoms. The predicted octanol–water partition coefficient (Wildman–Crippen LogP) is 6.21. The van der Waals surface area contributed by atoms with Gasteiger partial charge in [-0.2, -0.15) is 0 Å². The number of aromatic hydroxyl groups is 1. The van der Waals surface area contributed by atoms with Crippen molar-refractivity contribution >= 4 is 23.2 Å². The van der Waals surface area contributed by atoms with Gasteiger partial charge in [-0.25, -0.2) is 0 Å². The second kappa shape index (κ2) is 8.62. The molecule has 3 rings (SSSR count). The van der Waals surface area contributed by atoms with Crippen molar-refractivity contribution in [3.8, 4) is 11.5 Å². The zero-order valence-corrected chi connectivity index (χ0v) is 17.6. The quantitative estimate of drug-likeness (QED) is 0.471. The summed E-state index contributed by atoms with van der Waals surface area (Å²) in [5.41, 5.74) is 3.11. The van der Waals surface area contributed by atoms with Crippen LogP contribution in [0.1, 0.15) is 52.8 Å². The Kier molecular flexibility index (Phi) is 6.18. The fraction of sp³-hybridized carbons (Fsp3) is 0.261. The lowest BCUT2D eigenvalue weighted by Crippen LogP contribution is -2.12. The molecule has 0 aliphatic heterocycles. The minimum atomic E-state index is -0.359. The van der Waals surface area contributed by atoms with Crippen LogP contribution in [0.2, 0.25) is 5.02 Å². The Labute approximate surface area is 175 Å². The van der Waals surface area contributed by atoms with Crippen LogP contribution in [0, 0.1) is 13.8 Å². The molecule has 2 aromatic carbocycles. The molecule has 1 aromatic heterocycles. The molecule has 0 spiro atoms. The number of halogens is 1. The molecular formula is C23H24ClNO4. The van der Waals surface area contributed by atoms with E-state index >= 15 is 0 Å². The number of carbonyl (C=O) groups excluding carboxylic acids is 1. The highest BCUT2D eigenvalue weighted by Gasteiger charge is 2.16. The normalized spacial score (nSPS) is 11.0. The van der Waals surface area contributed by atoms with Crippen molar-refractivity contribution in [3.63, 3.8) is 0 Å². The van der Waals surface area contributed by atoms with Gasteiger partial charge in [0.15, 0.2) is 5.76 Å². The number of phenolic OH excluding ortho intramolecular Hbond substituents is 1. The van der Waals surface area contributed by atoms with Crippen molar-refractivity contribution < 1.29 is 19.1 Å². The number of anilines is 1. The van der Waals surface area contributed by atoms with Crippen LogP contribution in [0.25, 0.3) is 0 Å². The highest BCUT2D eigenvalue weighted by molar-refractivity contribution is 6.30. The molecule has 0 saturated carbocycles. The van der Waals surface area contributed by atoms with Crippen LogP contribution in [0.5, 0.6) is 11.5 Å². The Morgan fingerprint density at radius 2 is 1.90 bits per heavy atom. The average Bonchev–Trinajstić information content (AvgIpc) is 3.12. The average molecular weight is 414 g/mol. The van der Waals surface area contributed by atoms with E-state index in [0.29, 0.717) is 22.2 Å². The van der Waals surface area contributed by atoms with Crippen molar-refractivity contribution in [3.05, 3.63) is 75.7 Å². The smallest absolute Gasteiger partial charge is 0.291 e. The molecule has 2 N–H and O–H groups in total. The number of carbonyl (C=O) groups is 1. The SMILES string of the molecule is Cc1cc(O)c(C(C)C)cc1NC(=O)c1ccc(COc2ccc(Cl)cc2C)o1. The van der Waals surface area contributed by atoms with Crippen LogP contribution in [0.4, 0.5) is 5.69 Å². The van der Waals surface area contributed by atoms with Crippen molar-refractivity contribution in [1.29, 1.82) is 0 Å². The van der Waals surface area contributed by atoms with Crippen LogP contribution < -0.4 is 10.1 Å². The van der Waals surface area contributed by atoms with Crippen molar-refractivity contribution in [2.45, 2.75) is 40.2 Å². The number of hydrogen-bond donors (Lipinski definition) is 2. The van der Waals surface area contributed by atoms with Crippen LogP contribution in [-0.4, -0.2) is 11.0 Å². The Hall–Kier alpha value is -2.92. The fourth-order valence-electron chi connectivity index (χ4n) is 2.99. The van der Waals surface area contributed by atoms with Gasteiger partial charge in [0.2, 0.25) is 0 Å². The molecule has 0 bridgehead atoms. The van der Waals surface area contributed by atoms with Gasteiger partial charge in [0.1, 0.15) is 23.9 Å². The molecule has 0 aliphatic rings. The number of aryl methyl sites for hydroxylation is 2. The number of amides is 1. The molecule has 0 fully saturated rings. The van der Waals surface area contributed by atoms with Crippen molar-refractivity contribution in [1.82, 2.24) is 0 Å². The first-order valence-electron chi connectivity index (χ1n) is 9.37. The predicted molar refractivity (Wildman–Crippen MR) is 114 cm³/mol. The molecule has 5 nitrogen and oxygen atoms in total. The van der Waals surface area contributed by atoms with E-state index in [1.807, 2.05) is 33.8 Å². The van der Waals surface area contributed by atoms with E-state index in [1.165, 1.54) is 0 Å². The van der Waals surface area contributed by atoms with E-state index in [2.05, 4.69) is 5.32 Å². The zero-order chi connectivity index (χ0) is 21.1. The van der Waals surface area contributed by atoms with E-state index in [0.717, 1.165) is 16.7 Å². The lowest BCUT2D eigenvalue weighted by Gasteiger charge is -2.14. The van der Waals surface area contributed by atoms with E-state index in [1.54, 1.807) is 36.4 Å². The summed E-state index contributed by atoms with van der Waals surface area (Å²) in [5.74, 6) is 1.44. The maximum Gasteiger partial charge on any atom is 0.291 e. The minimum Gasteiger partial charge on any atom is -0.508 e. The third-order valence-electron chi connectivity index (χ3n) is 4.64. The lowest BCUT2D eigenvalue weighted by atomic mass is 9.99. The van der Waals surface area contributed by atoms with Crippen LogP contribution in [-0.2, 0) is 6.61 Å². The highest BCUT2D eigenvalue weighted by atomic mass is 35.5. The minimum absolute atomic E-state index is 0.134. The summed E-state index contributed by atoms with van der Waals surface area (Å²) in [6.45, 7) is 7.91. The Bertz CT molecular complexity index is 1040. The molecule has 152 valence electrons. The summed E-state index contributed by atoms with van der Waals surface area (Å²) >= 11 is 5.95. The van der Waals surface area contributed by atoms with Crippen LogP contribution in [0.3, 0.4) is 0 Å². The Balaban J connectivity index is 1.69. The zero-order valence-electron chi connectivity index (χ0n) is 16.9. The van der Waals surface area contributed by atoms with E-state index in [4.69, 9.17) is 20.8 Å². The summed E-state index contributed by atoms with van der Waals surface area (Å²) in [7, 11) is 0. The molecule has 3 aromatic rings. The van der Waals surface area contributed by atoms with Gasteiger partial charge in [-0.1, -0.05) is 25.4 Å². The fourth-order valence-corrected chi connectivity index (χ4v) is 3.22. The molecule has 1 amide bonds. The maximum atomic E-state index is 12.6. The number of furan rings is 1. The highest BCUT2D eigenvalue weighted by Crippen LogP contribution is 2.31. The number of hydrogen-bond acceptors (Lipinski definition) is 4. The molecule has 0 unspecified atom stereocenters. The van der Waals surface area contributed by atoms with Gasteiger partial charge in [-0.15, -0.1) is 0 Å². The Morgan fingerprint density at radius 1 is 1.14 bits per heavy atom. The van der Waals surface area contributed by atoms with Gasteiger partial charge >= 0.3 is 0 Å². The number of benzene rings is 2. The molecule has 0 saturated heterocycles. The van der Waals surface area contributed by atoms with Gasteiger partial charge in [0.05, 0.1) is 0 Å². The summed E-state index contributed by atoms with van der Waals surface area (Å²) in [6, 6.07) is 12.2. The van der Waals surface area contributed by atoms with Gasteiger partial charge in [-0.3, -0.25) is 4.79 Å². The molecule has 1 heterocycles. The van der Waals surface area contributed by atoms with Gasteiger partial charge < -0.3 is 19.6 Å². The molecule has 0 aliphatic carbocycles. The van der Waals surface area contributed by atoms with E-state index in [-0.39, 0.29) is 29.9 Å². The first-order valence-corrected chi connectivity index (χ1v) is 9.75. The third-order valence-corrected chi connectivity index (χ3v) is 4.87. The summed E-state index contributed by atoms with van der Waals surface area (Å²) in [6.07, 6.45) is 0. The van der Waals surface area contributed by atoms with Crippen LogP contribution in [0.15, 0.2) is 46.9 Å². The van der Waals surface area contributed by atoms with Gasteiger partial charge in [0, 0.05) is 10.7 Å². The first kappa shape index (κ1) is 20.8. The summed E-state index contributed by atoms with van der Waals surface area (Å²) in [4.78, 5) is 12.6. The standard InChI is InChI=1S/C23H24ClNO4/c1-13(2)18-11-19(14(3)10-20(18)26)25-23(27)22-8-6-17(29-22)12-28-21-7-5-16(24)9-15(21)4/h5-11,13,26H,12H2,1-4H3,(H,25,27). The number of ether oxygens (including phenoxy) is 1. The third kappa shape index (κ3) is 4.93.